The topological polar surface area (TPSA) is 56.2 Å². The highest BCUT2D eigenvalue weighted by molar-refractivity contribution is 14.1. The first-order valence-electron chi connectivity index (χ1n) is 9.60. The third-order valence-corrected chi connectivity index (χ3v) is 6.40. The first-order chi connectivity index (χ1) is 14.2. The molecule has 1 aliphatic heterocycles. The molecule has 0 spiro atoms. The summed E-state index contributed by atoms with van der Waals surface area (Å²) in [5.74, 6) is 0.271. The Hall–Kier alpha value is -1.84. The van der Waals surface area contributed by atoms with Crippen LogP contribution >= 0.6 is 34.4 Å². The third-order valence-electron chi connectivity index (χ3n) is 4.74. The number of nitrogens with one attached hydrogen (secondary N) is 1. The highest BCUT2D eigenvalue weighted by atomic mass is 127. The van der Waals surface area contributed by atoms with E-state index in [9.17, 15) is 4.79 Å². The Balaban J connectivity index is 1.48. The normalized spacial score (nSPS) is 16.1. The van der Waals surface area contributed by atoms with Gasteiger partial charge in [0.1, 0.15) is 0 Å². The molecule has 2 heterocycles. The van der Waals surface area contributed by atoms with E-state index < -0.39 is 0 Å². The van der Waals surface area contributed by atoms with Gasteiger partial charge in [-0.3, -0.25) is 4.79 Å². The average molecular weight is 519 g/mol. The van der Waals surface area contributed by atoms with E-state index in [-0.39, 0.29) is 12.0 Å². The Labute approximate surface area is 188 Å². The molecule has 0 unspecified atom stereocenters. The molecular weight excluding hydrogens is 497 g/mol. The fraction of sp³-hybridized carbons (Fsp3) is 0.273. The number of rotatable bonds is 7. The fourth-order valence-electron chi connectivity index (χ4n) is 3.38. The average Bonchev–Trinajstić information content (AvgIpc) is 3.38. The number of anilines is 1. The van der Waals surface area contributed by atoms with Crippen molar-refractivity contribution in [1.29, 1.82) is 0 Å². The Bertz CT molecular complexity index is 971. The van der Waals surface area contributed by atoms with Crippen molar-refractivity contribution in [3.63, 3.8) is 0 Å². The Morgan fingerprint density at radius 3 is 2.86 bits per heavy atom. The van der Waals surface area contributed by atoms with E-state index in [0.717, 1.165) is 51.7 Å². The maximum absolute atomic E-state index is 12.4. The van der Waals surface area contributed by atoms with Gasteiger partial charge in [-0.2, -0.15) is 0 Å². The summed E-state index contributed by atoms with van der Waals surface area (Å²) >= 11 is 3.70. The number of hydrogen-bond donors (Lipinski definition) is 1. The Kier molecular flexibility index (Phi) is 6.89. The second-order valence-corrected chi connectivity index (χ2v) is 9.07. The summed E-state index contributed by atoms with van der Waals surface area (Å²) < 4.78 is 9.13. The number of carbonyl (C=O) groups excluding carboxylic acids is 1. The van der Waals surface area contributed by atoms with Crippen LogP contribution in [0.15, 0.2) is 66.0 Å². The van der Waals surface area contributed by atoms with E-state index in [2.05, 4.69) is 49.6 Å². The summed E-state index contributed by atoms with van der Waals surface area (Å²) in [5.41, 5.74) is 2.99. The van der Waals surface area contributed by atoms with Crippen molar-refractivity contribution < 1.29 is 9.53 Å². The van der Waals surface area contributed by atoms with Crippen LogP contribution < -0.4 is 5.32 Å². The Morgan fingerprint density at radius 1 is 1.24 bits per heavy atom. The van der Waals surface area contributed by atoms with Crippen molar-refractivity contribution >= 4 is 45.9 Å². The number of nitrogens with zero attached hydrogens (tertiary/aromatic N) is 2. The van der Waals surface area contributed by atoms with Gasteiger partial charge >= 0.3 is 0 Å². The molecule has 7 heteroatoms. The lowest BCUT2D eigenvalue weighted by molar-refractivity contribution is -0.113. The Morgan fingerprint density at radius 2 is 2.10 bits per heavy atom. The minimum atomic E-state index is -0.0371. The van der Waals surface area contributed by atoms with Crippen molar-refractivity contribution in [3.8, 4) is 11.3 Å². The molecule has 29 heavy (non-hydrogen) atoms. The quantitative estimate of drug-likeness (QED) is 0.350. The minimum Gasteiger partial charge on any atom is -0.376 e. The van der Waals surface area contributed by atoms with Crippen LogP contribution in [0.2, 0.25) is 0 Å². The first kappa shape index (κ1) is 20.4. The molecule has 0 saturated carbocycles. The molecule has 0 radical (unpaired) electrons. The maximum atomic E-state index is 12.4. The van der Waals surface area contributed by atoms with E-state index in [1.807, 2.05) is 48.7 Å². The molecule has 1 aliphatic rings. The second kappa shape index (κ2) is 9.77. The van der Waals surface area contributed by atoms with Crippen LogP contribution in [0.5, 0.6) is 0 Å². The lowest BCUT2D eigenvalue weighted by atomic mass is 10.1. The first-order valence-corrected chi connectivity index (χ1v) is 11.7. The number of ether oxygens (including phenoxy) is 1. The van der Waals surface area contributed by atoms with E-state index in [0.29, 0.717) is 5.75 Å². The lowest BCUT2D eigenvalue weighted by Crippen LogP contribution is -2.18. The molecule has 1 aromatic heterocycles. The smallest absolute Gasteiger partial charge is 0.234 e. The zero-order valence-electron chi connectivity index (χ0n) is 15.9. The molecule has 2 aromatic carbocycles. The van der Waals surface area contributed by atoms with Crippen molar-refractivity contribution in [2.75, 3.05) is 17.7 Å². The molecular formula is C22H22IN3O2S. The molecule has 1 fully saturated rings. The SMILES string of the molecule is O=C(CSc1ncc(-c2ccccc2)n1C[C@H]1CCCO1)Nc1cccc(I)c1. The summed E-state index contributed by atoms with van der Waals surface area (Å²) in [6.07, 6.45) is 4.25. The van der Waals surface area contributed by atoms with Crippen LogP contribution in [0.1, 0.15) is 12.8 Å². The number of hydrogen-bond acceptors (Lipinski definition) is 4. The van der Waals surface area contributed by atoms with Gasteiger partial charge in [0.25, 0.3) is 0 Å². The number of thioether (sulfide) groups is 1. The third kappa shape index (κ3) is 5.40. The maximum Gasteiger partial charge on any atom is 0.234 e. The molecule has 1 N–H and O–H groups in total. The van der Waals surface area contributed by atoms with E-state index >= 15 is 0 Å². The van der Waals surface area contributed by atoms with Gasteiger partial charge in [0.15, 0.2) is 5.16 Å². The van der Waals surface area contributed by atoms with Crippen LogP contribution in [0, 0.1) is 3.57 Å². The van der Waals surface area contributed by atoms with Gasteiger partial charge in [0.05, 0.1) is 30.3 Å². The monoisotopic (exact) mass is 519 g/mol. The summed E-state index contributed by atoms with van der Waals surface area (Å²) in [5, 5.41) is 3.80. The highest BCUT2D eigenvalue weighted by Gasteiger charge is 2.21. The van der Waals surface area contributed by atoms with Crippen LogP contribution in [-0.2, 0) is 16.1 Å². The molecule has 0 bridgehead atoms. The summed E-state index contributed by atoms with van der Waals surface area (Å²) in [6, 6.07) is 18.0. The molecule has 150 valence electrons. The number of imidazole rings is 1. The molecule has 4 rings (SSSR count). The van der Waals surface area contributed by atoms with Crippen LogP contribution in [0.3, 0.4) is 0 Å². The minimum absolute atomic E-state index is 0.0371. The molecule has 0 aliphatic carbocycles. The number of carbonyl (C=O) groups is 1. The number of aromatic nitrogens is 2. The van der Waals surface area contributed by atoms with Crippen LogP contribution in [-0.4, -0.2) is 33.9 Å². The van der Waals surface area contributed by atoms with Crippen molar-refractivity contribution in [2.45, 2.75) is 30.6 Å². The van der Waals surface area contributed by atoms with Crippen molar-refractivity contribution in [2.24, 2.45) is 0 Å². The zero-order chi connectivity index (χ0) is 20.1. The fourth-order valence-corrected chi connectivity index (χ4v) is 4.71. The summed E-state index contributed by atoms with van der Waals surface area (Å²) in [7, 11) is 0. The van der Waals surface area contributed by atoms with E-state index in [4.69, 9.17) is 4.74 Å². The lowest BCUT2D eigenvalue weighted by Gasteiger charge is -2.16. The molecule has 5 nitrogen and oxygen atoms in total. The number of amides is 1. The second-order valence-electron chi connectivity index (χ2n) is 6.88. The van der Waals surface area contributed by atoms with Gasteiger partial charge in [-0.25, -0.2) is 4.98 Å². The van der Waals surface area contributed by atoms with Crippen molar-refractivity contribution in [1.82, 2.24) is 9.55 Å². The van der Waals surface area contributed by atoms with Gasteiger partial charge in [-0.15, -0.1) is 0 Å². The van der Waals surface area contributed by atoms with Gasteiger partial charge in [0.2, 0.25) is 5.91 Å². The van der Waals surface area contributed by atoms with E-state index in [1.54, 1.807) is 0 Å². The van der Waals surface area contributed by atoms with Gasteiger partial charge in [-0.1, -0.05) is 48.2 Å². The van der Waals surface area contributed by atoms with Gasteiger partial charge in [0, 0.05) is 15.9 Å². The molecule has 1 amide bonds. The predicted octanol–water partition coefficient (Wildman–Crippen LogP) is 5.06. The molecule has 1 atom stereocenters. The molecule has 1 saturated heterocycles. The summed E-state index contributed by atoms with van der Waals surface area (Å²) in [6.45, 7) is 1.58. The van der Waals surface area contributed by atoms with E-state index in [1.165, 1.54) is 11.8 Å². The number of halogens is 1. The van der Waals surface area contributed by atoms with Crippen molar-refractivity contribution in [3.05, 3.63) is 64.4 Å². The predicted molar refractivity (Wildman–Crippen MR) is 125 cm³/mol. The van der Waals surface area contributed by atoms with Gasteiger partial charge < -0.3 is 14.6 Å². The van der Waals surface area contributed by atoms with Crippen LogP contribution in [0.4, 0.5) is 5.69 Å². The zero-order valence-corrected chi connectivity index (χ0v) is 18.9. The molecule has 3 aromatic rings. The highest BCUT2D eigenvalue weighted by Crippen LogP contribution is 2.28. The standard InChI is InChI=1S/C22H22IN3O2S/c23-17-8-4-9-18(12-17)25-21(27)15-29-22-24-13-20(16-6-2-1-3-7-16)26(22)14-19-10-5-11-28-19/h1-4,6-9,12-13,19H,5,10-11,14-15H2,(H,25,27)/t19-/m1/s1. The van der Waals surface area contributed by atoms with Crippen LogP contribution in [0.25, 0.3) is 11.3 Å². The largest absolute Gasteiger partial charge is 0.376 e. The number of benzene rings is 2. The summed E-state index contributed by atoms with van der Waals surface area (Å²) in [4.78, 5) is 17.1. The van der Waals surface area contributed by atoms with Gasteiger partial charge in [-0.05, 0) is 59.2 Å².